The number of amides is 1. The first-order chi connectivity index (χ1) is 9.60. The smallest absolute Gasteiger partial charge is 0.228 e. The van der Waals surface area contributed by atoms with Gasteiger partial charge in [0.05, 0.1) is 6.42 Å². The first kappa shape index (κ1) is 14.3. The average Bonchev–Trinajstić information content (AvgIpc) is 2.41. The van der Waals surface area contributed by atoms with Crippen molar-refractivity contribution in [2.75, 3.05) is 5.32 Å². The summed E-state index contributed by atoms with van der Waals surface area (Å²) in [5.74, 6) is -0.444. The quantitative estimate of drug-likeness (QED) is 0.898. The molecule has 0 unspecified atom stereocenters. The van der Waals surface area contributed by atoms with Gasteiger partial charge in [-0.05, 0) is 42.2 Å². The molecule has 1 amide bonds. The monoisotopic (exact) mass is 271 g/mol. The number of aryl methyl sites for hydroxylation is 2. The number of rotatable bonds is 4. The number of benzene rings is 2. The minimum Gasteiger partial charge on any atom is -0.325 e. The van der Waals surface area contributed by atoms with Gasteiger partial charge in [-0.25, -0.2) is 4.39 Å². The predicted octanol–water partition coefficient (Wildman–Crippen LogP) is 3.88. The normalized spacial score (nSPS) is 10.3. The van der Waals surface area contributed by atoms with Gasteiger partial charge in [0.1, 0.15) is 5.82 Å². The summed E-state index contributed by atoms with van der Waals surface area (Å²) in [4.78, 5) is 12.1. The molecule has 0 aliphatic heterocycles. The third-order valence-corrected chi connectivity index (χ3v) is 3.26. The van der Waals surface area contributed by atoms with Crippen LogP contribution in [0.2, 0.25) is 0 Å². The number of carbonyl (C=O) groups is 1. The van der Waals surface area contributed by atoms with Crippen LogP contribution in [0.5, 0.6) is 0 Å². The third-order valence-electron chi connectivity index (χ3n) is 3.26. The lowest BCUT2D eigenvalue weighted by atomic mass is 10.1. The molecule has 0 saturated heterocycles. The molecule has 1 N–H and O–H groups in total. The van der Waals surface area contributed by atoms with E-state index in [4.69, 9.17) is 0 Å². The number of halogens is 1. The SMILES string of the molecule is CCc1cccc(C)c1NC(=O)Cc1cccc(F)c1. The molecule has 0 fully saturated rings. The van der Waals surface area contributed by atoms with Gasteiger partial charge >= 0.3 is 0 Å². The van der Waals surface area contributed by atoms with Crippen LogP contribution in [-0.4, -0.2) is 5.91 Å². The summed E-state index contributed by atoms with van der Waals surface area (Å²) < 4.78 is 13.1. The molecule has 0 heterocycles. The molecule has 0 bridgehead atoms. The number of hydrogen-bond donors (Lipinski definition) is 1. The molecule has 2 aromatic carbocycles. The maximum absolute atomic E-state index is 13.1. The van der Waals surface area contributed by atoms with Gasteiger partial charge in [-0.15, -0.1) is 0 Å². The third kappa shape index (κ3) is 3.44. The van der Waals surface area contributed by atoms with Gasteiger partial charge in [-0.2, -0.15) is 0 Å². The Balaban J connectivity index is 2.12. The summed E-state index contributed by atoms with van der Waals surface area (Å²) >= 11 is 0. The zero-order valence-electron chi connectivity index (χ0n) is 11.7. The van der Waals surface area contributed by atoms with Crippen LogP contribution < -0.4 is 5.32 Å². The molecule has 3 heteroatoms. The molecule has 0 aliphatic carbocycles. The molecule has 0 radical (unpaired) electrons. The molecule has 2 rings (SSSR count). The topological polar surface area (TPSA) is 29.1 Å². The van der Waals surface area contributed by atoms with E-state index >= 15 is 0 Å². The summed E-state index contributed by atoms with van der Waals surface area (Å²) in [6.07, 6.45) is 1.03. The van der Waals surface area contributed by atoms with E-state index in [0.29, 0.717) is 5.56 Å². The molecule has 0 spiro atoms. The van der Waals surface area contributed by atoms with Crippen molar-refractivity contribution < 1.29 is 9.18 Å². The average molecular weight is 271 g/mol. The molecule has 0 saturated carbocycles. The molecule has 0 aliphatic rings. The van der Waals surface area contributed by atoms with Crippen molar-refractivity contribution in [2.24, 2.45) is 0 Å². The van der Waals surface area contributed by atoms with Crippen LogP contribution in [0.3, 0.4) is 0 Å². The van der Waals surface area contributed by atoms with Gasteiger partial charge in [0.15, 0.2) is 0 Å². The fraction of sp³-hybridized carbons (Fsp3) is 0.235. The highest BCUT2D eigenvalue weighted by molar-refractivity contribution is 5.93. The zero-order chi connectivity index (χ0) is 14.5. The van der Waals surface area contributed by atoms with E-state index in [1.165, 1.54) is 12.1 Å². The first-order valence-electron chi connectivity index (χ1n) is 6.73. The van der Waals surface area contributed by atoms with E-state index in [9.17, 15) is 9.18 Å². The lowest BCUT2D eigenvalue weighted by Gasteiger charge is -2.13. The molecule has 104 valence electrons. The largest absolute Gasteiger partial charge is 0.325 e. The Morgan fingerprint density at radius 1 is 1.20 bits per heavy atom. The van der Waals surface area contributed by atoms with E-state index in [1.54, 1.807) is 12.1 Å². The lowest BCUT2D eigenvalue weighted by molar-refractivity contribution is -0.115. The fourth-order valence-corrected chi connectivity index (χ4v) is 2.22. The Hall–Kier alpha value is -2.16. The molecule has 2 aromatic rings. The van der Waals surface area contributed by atoms with Crippen LogP contribution in [0.25, 0.3) is 0 Å². The second kappa shape index (κ2) is 6.33. The van der Waals surface area contributed by atoms with Crippen molar-refractivity contribution in [1.29, 1.82) is 0 Å². The second-order valence-corrected chi connectivity index (χ2v) is 4.82. The molecule has 20 heavy (non-hydrogen) atoms. The number of anilines is 1. The van der Waals surface area contributed by atoms with Crippen molar-refractivity contribution in [2.45, 2.75) is 26.7 Å². The second-order valence-electron chi connectivity index (χ2n) is 4.82. The van der Waals surface area contributed by atoms with E-state index in [-0.39, 0.29) is 18.1 Å². The van der Waals surface area contributed by atoms with E-state index < -0.39 is 0 Å². The van der Waals surface area contributed by atoms with Crippen LogP contribution in [-0.2, 0) is 17.6 Å². The molecule has 2 nitrogen and oxygen atoms in total. The fourth-order valence-electron chi connectivity index (χ4n) is 2.22. The Morgan fingerprint density at radius 3 is 2.65 bits per heavy atom. The highest BCUT2D eigenvalue weighted by Crippen LogP contribution is 2.21. The minimum atomic E-state index is -0.319. The Morgan fingerprint density at radius 2 is 1.95 bits per heavy atom. The number of para-hydroxylation sites is 1. The highest BCUT2D eigenvalue weighted by atomic mass is 19.1. The standard InChI is InChI=1S/C17H18FNO/c1-3-14-8-4-6-12(2)17(14)19-16(20)11-13-7-5-9-15(18)10-13/h4-10H,3,11H2,1-2H3,(H,19,20). The van der Waals surface area contributed by atoms with Gasteiger partial charge in [0, 0.05) is 5.69 Å². The first-order valence-corrected chi connectivity index (χ1v) is 6.73. The maximum atomic E-state index is 13.1. The molecule has 0 atom stereocenters. The van der Waals surface area contributed by atoms with Gasteiger partial charge in [-0.3, -0.25) is 4.79 Å². The van der Waals surface area contributed by atoms with Crippen LogP contribution in [0.15, 0.2) is 42.5 Å². The summed E-state index contributed by atoms with van der Waals surface area (Å²) in [5, 5.41) is 2.94. The lowest BCUT2D eigenvalue weighted by Crippen LogP contribution is -2.16. The van der Waals surface area contributed by atoms with Gasteiger partial charge in [0.25, 0.3) is 0 Å². The molecular formula is C17H18FNO. The maximum Gasteiger partial charge on any atom is 0.228 e. The summed E-state index contributed by atoms with van der Waals surface area (Å²) in [6, 6.07) is 12.1. The van der Waals surface area contributed by atoms with Crippen molar-refractivity contribution in [3.63, 3.8) is 0 Å². The number of nitrogens with one attached hydrogen (secondary N) is 1. The van der Waals surface area contributed by atoms with Crippen molar-refractivity contribution in [3.05, 3.63) is 65.0 Å². The van der Waals surface area contributed by atoms with E-state index in [1.807, 2.05) is 25.1 Å². The zero-order valence-corrected chi connectivity index (χ0v) is 11.7. The highest BCUT2D eigenvalue weighted by Gasteiger charge is 2.09. The Bertz CT molecular complexity index is 622. The van der Waals surface area contributed by atoms with Crippen LogP contribution in [0.1, 0.15) is 23.6 Å². The van der Waals surface area contributed by atoms with E-state index in [2.05, 4.69) is 12.2 Å². The minimum absolute atomic E-state index is 0.125. The Kier molecular flexibility index (Phi) is 4.51. The summed E-state index contributed by atoms with van der Waals surface area (Å²) in [5.41, 5.74) is 3.69. The molecular weight excluding hydrogens is 253 g/mol. The van der Waals surface area contributed by atoms with Gasteiger partial charge in [0.2, 0.25) is 5.91 Å². The van der Waals surface area contributed by atoms with Crippen LogP contribution >= 0.6 is 0 Å². The number of carbonyl (C=O) groups excluding carboxylic acids is 1. The predicted molar refractivity (Wildman–Crippen MR) is 79.3 cm³/mol. The van der Waals surface area contributed by atoms with Gasteiger partial charge < -0.3 is 5.32 Å². The van der Waals surface area contributed by atoms with Crippen molar-refractivity contribution >= 4 is 11.6 Å². The van der Waals surface area contributed by atoms with Gasteiger partial charge in [-0.1, -0.05) is 37.3 Å². The van der Waals surface area contributed by atoms with Crippen molar-refractivity contribution in [3.8, 4) is 0 Å². The van der Waals surface area contributed by atoms with Crippen molar-refractivity contribution in [1.82, 2.24) is 0 Å². The number of hydrogen-bond acceptors (Lipinski definition) is 1. The summed E-state index contributed by atoms with van der Waals surface area (Å²) in [6.45, 7) is 4.02. The molecule has 0 aromatic heterocycles. The summed E-state index contributed by atoms with van der Waals surface area (Å²) in [7, 11) is 0. The van der Waals surface area contributed by atoms with Crippen LogP contribution in [0.4, 0.5) is 10.1 Å². The Labute approximate surface area is 118 Å². The van der Waals surface area contributed by atoms with E-state index in [0.717, 1.165) is 23.2 Å². The van der Waals surface area contributed by atoms with Crippen LogP contribution in [0, 0.1) is 12.7 Å².